The highest BCUT2D eigenvalue weighted by Crippen LogP contribution is 2.44. The van der Waals surface area contributed by atoms with Gasteiger partial charge in [-0.3, -0.25) is 0 Å². The van der Waals surface area contributed by atoms with Crippen LogP contribution in [0.5, 0.6) is 0 Å². The Bertz CT molecular complexity index is 4150. The average Bonchev–Trinajstić information content (AvgIpc) is 3.77. The molecule has 1 aromatic heterocycles. The maximum absolute atomic E-state index is 2.50. The van der Waals surface area contributed by atoms with Gasteiger partial charge in [0.2, 0.25) is 0 Å². The molecular formula is C68H45N. The fourth-order valence-corrected chi connectivity index (χ4v) is 10.6. The highest BCUT2D eigenvalue weighted by molar-refractivity contribution is 6.32. The Morgan fingerprint density at radius 3 is 1.54 bits per heavy atom. The van der Waals surface area contributed by atoms with Crippen LogP contribution < -0.4 is 0 Å². The van der Waals surface area contributed by atoms with Crippen molar-refractivity contribution in [3.05, 3.63) is 294 Å². The highest BCUT2D eigenvalue weighted by Gasteiger charge is 2.21. The van der Waals surface area contributed by atoms with Crippen LogP contribution in [0.4, 0.5) is 0 Å². The van der Waals surface area contributed by atoms with E-state index in [-0.39, 0.29) is 0 Å². The zero-order valence-corrected chi connectivity index (χ0v) is 37.9. The molecule has 0 fully saturated rings. The molecule has 1 heterocycles. The number of aromatic nitrogens is 1. The first kappa shape index (κ1) is 40.3. The predicted molar refractivity (Wildman–Crippen MR) is 296 cm³/mol. The van der Waals surface area contributed by atoms with Gasteiger partial charge in [-0.2, -0.15) is 0 Å². The normalized spacial score (nSPS) is 12.2. The molecule has 1 nitrogen and oxygen atoms in total. The van der Waals surface area contributed by atoms with Crippen molar-refractivity contribution in [1.82, 2.24) is 4.57 Å². The van der Waals surface area contributed by atoms with Crippen LogP contribution in [0.2, 0.25) is 0 Å². The zero-order chi connectivity index (χ0) is 45.7. The number of para-hydroxylation sites is 1. The van der Waals surface area contributed by atoms with Gasteiger partial charge in [0, 0.05) is 21.8 Å². The third-order valence-electron chi connectivity index (χ3n) is 13.9. The minimum atomic E-state index is 1.14. The second-order valence-corrected chi connectivity index (χ2v) is 18.1. The van der Waals surface area contributed by atoms with Gasteiger partial charge in [0.05, 0.1) is 11.0 Å². The molecule has 322 valence electrons. The van der Waals surface area contributed by atoms with Crippen LogP contribution in [-0.2, 0) is 0 Å². The molecule has 0 atom stereocenters. The maximum Gasteiger partial charge on any atom is 0.0625 e. The summed E-state index contributed by atoms with van der Waals surface area (Å²) in [5.74, 6) is 0. The van der Waals surface area contributed by atoms with Crippen molar-refractivity contribution in [2.45, 2.75) is 0 Å². The predicted octanol–water partition coefficient (Wildman–Crippen LogP) is 18.2. The van der Waals surface area contributed by atoms with Crippen LogP contribution in [0.1, 0.15) is 33.4 Å². The molecule has 0 amide bonds. The van der Waals surface area contributed by atoms with Crippen LogP contribution >= 0.6 is 0 Å². The Balaban J connectivity index is 1.11. The van der Waals surface area contributed by atoms with E-state index in [9.17, 15) is 0 Å². The lowest BCUT2D eigenvalue weighted by Crippen LogP contribution is -1.96. The average molecular weight is 876 g/mol. The minimum absolute atomic E-state index is 1.14. The van der Waals surface area contributed by atoms with Gasteiger partial charge in [-0.25, -0.2) is 0 Å². The van der Waals surface area contributed by atoms with Gasteiger partial charge in [0.15, 0.2) is 0 Å². The Hall–Kier alpha value is -9.04. The number of fused-ring (bicyclic) bond motifs is 10. The summed E-state index contributed by atoms with van der Waals surface area (Å²) in [6, 6.07) is 95.6. The van der Waals surface area contributed by atoms with Crippen molar-refractivity contribution < 1.29 is 0 Å². The summed E-state index contributed by atoms with van der Waals surface area (Å²) in [6.45, 7) is 0. The molecule has 0 aliphatic rings. The van der Waals surface area contributed by atoms with Crippen LogP contribution in [0, 0.1) is 0 Å². The van der Waals surface area contributed by atoms with Crippen molar-refractivity contribution in [1.29, 1.82) is 0 Å². The van der Waals surface area contributed by atoms with Crippen LogP contribution in [0.25, 0.3) is 105 Å². The molecule has 0 saturated carbocycles. The molecule has 0 bridgehead atoms. The third-order valence-corrected chi connectivity index (χ3v) is 13.9. The number of benzene rings is 12. The quantitative estimate of drug-likeness (QED) is 0.106. The first-order chi connectivity index (χ1) is 34.2. The first-order valence-corrected chi connectivity index (χ1v) is 23.8. The number of hydrogen-bond donors (Lipinski definition) is 0. The van der Waals surface area contributed by atoms with E-state index in [4.69, 9.17) is 0 Å². The molecule has 13 aromatic rings. The Morgan fingerprint density at radius 1 is 0.290 bits per heavy atom. The lowest BCUT2D eigenvalue weighted by Gasteiger charge is -2.17. The van der Waals surface area contributed by atoms with E-state index >= 15 is 0 Å². The molecule has 0 radical (unpaired) electrons. The summed E-state index contributed by atoms with van der Waals surface area (Å²) in [4.78, 5) is 0. The van der Waals surface area contributed by atoms with Gasteiger partial charge in [0.25, 0.3) is 0 Å². The smallest absolute Gasteiger partial charge is 0.0625 e. The topological polar surface area (TPSA) is 4.93 Å². The van der Waals surface area contributed by atoms with E-state index in [1.165, 1.54) is 70.5 Å². The minimum Gasteiger partial charge on any atom is -0.309 e. The summed E-state index contributed by atoms with van der Waals surface area (Å²) in [5, 5.41) is 12.4. The molecule has 1 heteroatoms. The molecule has 0 N–H and O–H groups in total. The number of hydrogen-bond acceptors (Lipinski definition) is 0. The van der Waals surface area contributed by atoms with Crippen molar-refractivity contribution in [2.75, 3.05) is 0 Å². The number of rotatable bonds is 8. The monoisotopic (exact) mass is 875 g/mol. The van der Waals surface area contributed by atoms with E-state index in [0.717, 1.165) is 55.8 Å². The lowest BCUT2D eigenvalue weighted by molar-refractivity contribution is 1.19. The number of nitrogens with zero attached hydrogens (tertiary/aromatic N) is 1. The molecule has 0 saturated heterocycles. The van der Waals surface area contributed by atoms with Gasteiger partial charge in [-0.15, -0.1) is 0 Å². The SMILES string of the molecule is C(=C(\c1ccccc1)c1cc(/C(=C/c2ccccc2)c2ccc3ccccc3c2)cc(-c2ccc3c4c5ccccc5c5ccccc5c4n(-c4ccccc4)c3c2)c1)/c1ccc2ccccc2c1. The van der Waals surface area contributed by atoms with Crippen LogP contribution in [-0.4, -0.2) is 4.57 Å². The van der Waals surface area contributed by atoms with Crippen molar-refractivity contribution >= 4 is 88.2 Å². The van der Waals surface area contributed by atoms with E-state index < -0.39 is 0 Å². The summed E-state index contributed by atoms with van der Waals surface area (Å²) in [6.07, 6.45) is 4.73. The second-order valence-electron chi connectivity index (χ2n) is 18.1. The van der Waals surface area contributed by atoms with Crippen molar-refractivity contribution in [2.24, 2.45) is 0 Å². The van der Waals surface area contributed by atoms with Crippen LogP contribution in [0.15, 0.2) is 261 Å². The Kier molecular flexibility index (Phi) is 9.91. The molecule has 0 spiro atoms. The third kappa shape index (κ3) is 7.29. The zero-order valence-electron chi connectivity index (χ0n) is 37.9. The van der Waals surface area contributed by atoms with Gasteiger partial charge >= 0.3 is 0 Å². The summed E-state index contributed by atoms with van der Waals surface area (Å²) in [7, 11) is 0. The molecular weight excluding hydrogens is 831 g/mol. The first-order valence-electron chi connectivity index (χ1n) is 23.8. The van der Waals surface area contributed by atoms with E-state index in [2.05, 4.69) is 278 Å². The van der Waals surface area contributed by atoms with Crippen molar-refractivity contribution in [3.63, 3.8) is 0 Å². The van der Waals surface area contributed by atoms with Gasteiger partial charge in [-0.1, -0.05) is 212 Å². The van der Waals surface area contributed by atoms with Crippen LogP contribution in [0.3, 0.4) is 0 Å². The maximum atomic E-state index is 2.50. The van der Waals surface area contributed by atoms with E-state index in [1.807, 2.05) is 0 Å². The van der Waals surface area contributed by atoms with Gasteiger partial charge in [-0.05, 0) is 154 Å². The fourth-order valence-electron chi connectivity index (χ4n) is 10.6. The molecule has 0 aliphatic carbocycles. The van der Waals surface area contributed by atoms with Gasteiger partial charge < -0.3 is 4.57 Å². The van der Waals surface area contributed by atoms with Gasteiger partial charge in [0.1, 0.15) is 0 Å². The van der Waals surface area contributed by atoms with E-state index in [0.29, 0.717) is 0 Å². The summed E-state index contributed by atoms with van der Waals surface area (Å²) >= 11 is 0. The van der Waals surface area contributed by atoms with E-state index in [1.54, 1.807) is 0 Å². The second kappa shape index (κ2) is 17.0. The molecule has 12 aromatic carbocycles. The standard InChI is InChI=1S/C68H45N/c1-4-18-46(19-5-1)39-65(54-35-34-49-21-11-13-25-52(49)41-54)57-43-55(42-56(44-57)64(50-22-6-2-7-23-50)40-47-32-33-48-20-10-12-24-51(48)38-47)53-36-37-63-66(45-53)69(58-26-8-3-9-27-58)68-62-31-17-15-29-60(62)59-28-14-16-30-61(59)67(63)68/h1-45H/b64-40-,65-39+. The Labute approximate surface area is 401 Å². The molecule has 69 heavy (non-hydrogen) atoms. The van der Waals surface area contributed by atoms with Crippen molar-refractivity contribution in [3.8, 4) is 16.8 Å². The largest absolute Gasteiger partial charge is 0.309 e. The molecule has 13 rings (SSSR count). The Morgan fingerprint density at radius 2 is 0.826 bits per heavy atom. The summed E-state index contributed by atoms with van der Waals surface area (Å²) in [5.41, 5.74) is 15.1. The molecule has 0 aliphatic heterocycles. The summed E-state index contributed by atoms with van der Waals surface area (Å²) < 4.78 is 2.50. The highest BCUT2D eigenvalue weighted by atomic mass is 15.0. The molecule has 0 unspecified atom stereocenters. The fraction of sp³-hybridized carbons (Fsp3) is 0. The lowest BCUT2D eigenvalue weighted by atomic mass is 9.87.